The van der Waals surface area contributed by atoms with Crippen LogP contribution in [0.25, 0.3) is 33.4 Å². The van der Waals surface area contributed by atoms with Gasteiger partial charge in [0.1, 0.15) is 23.1 Å². The number of nitrogen functional groups attached to an aromatic ring is 1. The number of hydrogen-bond acceptors (Lipinski definition) is 4. The topological polar surface area (TPSA) is 111 Å². The standard InChI is InChI=1S/C19H12FN5O/c20-11-7-5-10(6-8-11)16-15(12-3-1-2-4-14(12)23-16)17-13(9-21)18(26)25-19(22)24-17/h1-8,23H,(H3,22,24,25,26). The molecule has 0 bridgehead atoms. The molecule has 0 spiro atoms. The maximum absolute atomic E-state index is 13.3. The first-order chi connectivity index (χ1) is 12.6. The molecule has 0 amide bonds. The maximum Gasteiger partial charge on any atom is 0.270 e. The van der Waals surface area contributed by atoms with Gasteiger partial charge in [-0.15, -0.1) is 0 Å². The van der Waals surface area contributed by atoms with E-state index in [2.05, 4.69) is 15.0 Å². The average molecular weight is 345 g/mol. The number of nitrogens with one attached hydrogen (secondary N) is 2. The Labute approximate surface area is 146 Å². The van der Waals surface area contributed by atoms with Crippen molar-refractivity contribution in [1.82, 2.24) is 15.0 Å². The molecule has 0 saturated carbocycles. The molecule has 0 radical (unpaired) electrons. The van der Waals surface area contributed by atoms with Gasteiger partial charge in [-0.25, -0.2) is 9.37 Å². The van der Waals surface area contributed by atoms with E-state index in [4.69, 9.17) is 5.73 Å². The molecule has 126 valence electrons. The van der Waals surface area contributed by atoms with Crippen LogP contribution >= 0.6 is 0 Å². The summed E-state index contributed by atoms with van der Waals surface area (Å²) in [6.45, 7) is 0. The predicted octanol–water partition coefficient (Wildman–Crippen LogP) is 3.18. The number of anilines is 1. The van der Waals surface area contributed by atoms with Gasteiger partial charge in [0.25, 0.3) is 5.56 Å². The third-order valence-electron chi connectivity index (χ3n) is 4.13. The Morgan fingerprint density at radius 2 is 1.81 bits per heavy atom. The Morgan fingerprint density at radius 3 is 2.54 bits per heavy atom. The smallest absolute Gasteiger partial charge is 0.270 e. The van der Waals surface area contributed by atoms with Crippen LogP contribution in [-0.4, -0.2) is 15.0 Å². The average Bonchev–Trinajstić information content (AvgIpc) is 3.01. The van der Waals surface area contributed by atoms with Crippen LogP contribution in [-0.2, 0) is 0 Å². The van der Waals surface area contributed by atoms with Gasteiger partial charge in [-0.1, -0.05) is 18.2 Å². The van der Waals surface area contributed by atoms with Crippen molar-refractivity contribution >= 4 is 16.9 Å². The van der Waals surface area contributed by atoms with E-state index in [-0.39, 0.29) is 23.0 Å². The summed E-state index contributed by atoms with van der Waals surface area (Å²) in [4.78, 5) is 22.0. The lowest BCUT2D eigenvalue weighted by molar-refractivity contribution is 0.628. The highest BCUT2D eigenvalue weighted by molar-refractivity contribution is 6.03. The van der Waals surface area contributed by atoms with E-state index in [1.807, 2.05) is 30.3 Å². The molecule has 2 heterocycles. The molecule has 2 aromatic heterocycles. The molecule has 4 rings (SSSR count). The quantitative estimate of drug-likeness (QED) is 0.518. The molecule has 6 nitrogen and oxygen atoms in total. The second-order valence-electron chi connectivity index (χ2n) is 5.71. The van der Waals surface area contributed by atoms with E-state index < -0.39 is 5.56 Å². The number of halogens is 1. The number of H-pyrrole nitrogens is 2. The summed E-state index contributed by atoms with van der Waals surface area (Å²) in [5.74, 6) is -0.443. The molecule has 0 atom stereocenters. The highest BCUT2D eigenvalue weighted by Crippen LogP contribution is 2.38. The van der Waals surface area contributed by atoms with Crippen molar-refractivity contribution < 1.29 is 4.39 Å². The summed E-state index contributed by atoms with van der Waals surface area (Å²) in [5, 5.41) is 10.2. The zero-order valence-electron chi connectivity index (χ0n) is 13.4. The fourth-order valence-corrected chi connectivity index (χ4v) is 3.00. The van der Waals surface area contributed by atoms with Gasteiger partial charge in [0.15, 0.2) is 0 Å². The summed E-state index contributed by atoms with van der Waals surface area (Å²) < 4.78 is 13.3. The number of para-hydroxylation sites is 1. The van der Waals surface area contributed by atoms with Gasteiger partial charge in [-0.2, -0.15) is 5.26 Å². The third kappa shape index (κ3) is 2.41. The SMILES string of the molecule is N#Cc1c(-c2c(-c3ccc(F)cc3)[nH]c3ccccc23)nc(N)[nH]c1=O. The molecular weight excluding hydrogens is 333 g/mol. The van der Waals surface area contributed by atoms with E-state index in [1.165, 1.54) is 12.1 Å². The number of hydrogen-bond donors (Lipinski definition) is 3. The summed E-state index contributed by atoms with van der Waals surface area (Å²) >= 11 is 0. The third-order valence-corrected chi connectivity index (χ3v) is 4.13. The second kappa shape index (κ2) is 5.86. The Morgan fingerprint density at radius 1 is 1.08 bits per heavy atom. The molecule has 4 aromatic rings. The van der Waals surface area contributed by atoms with E-state index in [9.17, 15) is 14.4 Å². The minimum atomic E-state index is -0.606. The second-order valence-corrected chi connectivity index (χ2v) is 5.71. The lowest BCUT2D eigenvalue weighted by Crippen LogP contribution is -2.16. The largest absolute Gasteiger partial charge is 0.369 e. The number of aromatic nitrogens is 3. The van der Waals surface area contributed by atoms with Crippen LogP contribution in [0.2, 0.25) is 0 Å². The zero-order chi connectivity index (χ0) is 18.3. The molecule has 0 unspecified atom stereocenters. The molecule has 7 heteroatoms. The number of nitrogens with two attached hydrogens (primary N) is 1. The summed E-state index contributed by atoms with van der Waals surface area (Å²) in [6.07, 6.45) is 0. The van der Waals surface area contributed by atoms with Crippen molar-refractivity contribution in [3.63, 3.8) is 0 Å². The number of fused-ring (bicyclic) bond motifs is 1. The fourth-order valence-electron chi connectivity index (χ4n) is 3.00. The fraction of sp³-hybridized carbons (Fsp3) is 0. The van der Waals surface area contributed by atoms with Gasteiger partial charge in [0, 0.05) is 16.5 Å². The molecule has 0 fully saturated rings. The lowest BCUT2D eigenvalue weighted by atomic mass is 10.00. The Bertz CT molecular complexity index is 1230. The van der Waals surface area contributed by atoms with Crippen molar-refractivity contribution in [2.75, 3.05) is 5.73 Å². The first-order valence-corrected chi connectivity index (χ1v) is 7.75. The van der Waals surface area contributed by atoms with Crippen molar-refractivity contribution in [2.45, 2.75) is 0 Å². The Balaban J connectivity index is 2.13. The number of aromatic amines is 2. The summed E-state index contributed by atoms with van der Waals surface area (Å²) in [6, 6.07) is 15.2. The molecule has 0 aliphatic carbocycles. The Hall–Kier alpha value is -3.92. The van der Waals surface area contributed by atoms with Gasteiger partial charge in [-0.05, 0) is 35.9 Å². The van der Waals surface area contributed by atoms with Crippen molar-refractivity contribution in [2.24, 2.45) is 0 Å². The number of nitrogens with zero attached hydrogens (tertiary/aromatic N) is 2. The molecule has 0 saturated heterocycles. The number of benzene rings is 2. The van der Waals surface area contributed by atoms with Crippen LogP contribution in [0.1, 0.15) is 5.56 Å². The normalized spacial score (nSPS) is 10.8. The molecule has 0 aliphatic heterocycles. The summed E-state index contributed by atoms with van der Waals surface area (Å²) in [5.41, 5.74) is 7.84. The van der Waals surface area contributed by atoms with Crippen molar-refractivity contribution in [3.8, 4) is 28.6 Å². The van der Waals surface area contributed by atoms with Gasteiger partial charge in [0.2, 0.25) is 5.95 Å². The van der Waals surface area contributed by atoms with E-state index >= 15 is 0 Å². The zero-order valence-corrected chi connectivity index (χ0v) is 13.4. The van der Waals surface area contributed by atoms with Crippen LogP contribution in [0.15, 0.2) is 53.3 Å². The molecule has 2 aromatic carbocycles. The predicted molar refractivity (Wildman–Crippen MR) is 96.7 cm³/mol. The van der Waals surface area contributed by atoms with Crippen LogP contribution < -0.4 is 11.3 Å². The van der Waals surface area contributed by atoms with Gasteiger partial charge in [0.05, 0.1) is 5.69 Å². The van der Waals surface area contributed by atoms with Gasteiger partial charge >= 0.3 is 0 Å². The molecule has 0 aliphatic rings. The van der Waals surface area contributed by atoms with Crippen LogP contribution in [0.4, 0.5) is 10.3 Å². The van der Waals surface area contributed by atoms with E-state index in [0.29, 0.717) is 16.8 Å². The van der Waals surface area contributed by atoms with E-state index in [1.54, 1.807) is 12.1 Å². The van der Waals surface area contributed by atoms with Crippen molar-refractivity contribution in [3.05, 3.63) is 70.3 Å². The van der Waals surface area contributed by atoms with Gasteiger partial charge in [-0.3, -0.25) is 9.78 Å². The van der Waals surface area contributed by atoms with Gasteiger partial charge < -0.3 is 10.7 Å². The first-order valence-electron chi connectivity index (χ1n) is 7.75. The number of nitriles is 1. The highest BCUT2D eigenvalue weighted by Gasteiger charge is 2.21. The Kier molecular flexibility index (Phi) is 3.52. The minimum absolute atomic E-state index is 0.0839. The summed E-state index contributed by atoms with van der Waals surface area (Å²) in [7, 11) is 0. The monoisotopic (exact) mass is 345 g/mol. The first kappa shape index (κ1) is 15.6. The van der Waals surface area contributed by atoms with Crippen molar-refractivity contribution in [1.29, 1.82) is 5.26 Å². The van der Waals surface area contributed by atoms with Crippen LogP contribution in [0.5, 0.6) is 0 Å². The molecular formula is C19H12FN5O. The molecule has 4 N–H and O–H groups in total. The van der Waals surface area contributed by atoms with E-state index in [0.717, 1.165) is 10.9 Å². The lowest BCUT2D eigenvalue weighted by Gasteiger charge is -2.07. The minimum Gasteiger partial charge on any atom is -0.369 e. The maximum atomic E-state index is 13.3. The number of rotatable bonds is 2. The molecule has 26 heavy (non-hydrogen) atoms. The highest BCUT2D eigenvalue weighted by atomic mass is 19.1. The van der Waals surface area contributed by atoms with Crippen LogP contribution in [0, 0.1) is 17.1 Å². The van der Waals surface area contributed by atoms with Crippen LogP contribution in [0.3, 0.4) is 0 Å².